The number of amides is 1. The number of hydrogen-bond donors (Lipinski definition) is 1. The Morgan fingerprint density at radius 1 is 1.29 bits per heavy atom. The minimum atomic E-state index is -0.572. The number of benzene rings is 2. The molecule has 0 aliphatic carbocycles. The molecular weight excluding hydrogens is 291 g/mol. The van der Waals surface area contributed by atoms with Gasteiger partial charge in [-0.3, -0.25) is 4.79 Å². The molecule has 1 N–H and O–H groups in total. The van der Waals surface area contributed by atoms with E-state index in [1.807, 2.05) is 30.3 Å². The quantitative estimate of drug-likeness (QED) is 0.862. The Morgan fingerprint density at radius 2 is 2.00 bits per heavy atom. The highest BCUT2D eigenvalue weighted by molar-refractivity contribution is 6.47. The zero-order chi connectivity index (χ0) is 15.2. The maximum Gasteiger partial charge on any atom is 0.250 e. The molecule has 2 rings (SSSR count). The van der Waals surface area contributed by atoms with Gasteiger partial charge in [-0.25, -0.2) is 4.39 Å². The van der Waals surface area contributed by atoms with Gasteiger partial charge in [0.15, 0.2) is 0 Å². The molecule has 106 valence electrons. The van der Waals surface area contributed by atoms with Crippen molar-refractivity contribution in [3.05, 3.63) is 58.9 Å². The topological polar surface area (TPSA) is 38.3 Å². The number of carbonyl (C=O) groups excluding carboxylic acids is 1. The number of rotatable bonds is 5. The predicted octanol–water partition coefficient (Wildman–Crippen LogP) is 2.43. The van der Waals surface area contributed by atoms with Crippen LogP contribution in [0.5, 0.6) is 0 Å². The van der Waals surface area contributed by atoms with Gasteiger partial charge >= 0.3 is 0 Å². The first-order valence-corrected chi connectivity index (χ1v) is 6.60. The first-order valence-electron chi connectivity index (χ1n) is 6.22. The van der Waals surface area contributed by atoms with Gasteiger partial charge in [-0.05, 0) is 17.7 Å². The summed E-state index contributed by atoms with van der Waals surface area (Å²) in [5.41, 5.74) is 1.15. The standard InChI is InChI=1S/C15H12BClFNO2/c16-12-6-11(18)7-13(15(12)17)19-14(20)9-21-8-10-4-2-1-3-5-10/h1-7H,8-9H2,(H,19,20). The zero-order valence-electron chi connectivity index (χ0n) is 11.1. The number of ether oxygens (including phenoxy) is 1. The average molecular weight is 304 g/mol. The highest BCUT2D eigenvalue weighted by atomic mass is 35.5. The van der Waals surface area contributed by atoms with E-state index in [0.717, 1.165) is 17.7 Å². The van der Waals surface area contributed by atoms with Crippen LogP contribution >= 0.6 is 11.6 Å². The minimum absolute atomic E-state index is 0.0668. The third-order valence-corrected chi connectivity index (χ3v) is 3.11. The van der Waals surface area contributed by atoms with E-state index in [1.54, 1.807) is 0 Å². The van der Waals surface area contributed by atoms with E-state index in [-0.39, 0.29) is 22.8 Å². The molecule has 0 saturated heterocycles. The second-order valence-corrected chi connectivity index (χ2v) is 4.76. The summed E-state index contributed by atoms with van der Waals surface area (Å²) in [5.74, 6) is -1.00. The second kappa shape index (κ2) is 7.25. The van der Waals surface area contributed by atoms with Crippen LogP contribution in [0, 0.1) is 5.82 Å². The van der Waals surface area contributed by atoms with Crippen molar-refractivity contribution < 1.29 is 13.9 Å². The summed E-state index contributed by atoms with van der Waals surface area (Å²) in [4.78, 5) is 11.7. The van der Waals surface area contributed by atoms with E-state index in [4.69, 9.17) is 24.2 Å². The van der Waals surface area contributed by atoms with E-state index in [1.165, 1.54) is 0 Å². The third-order valence-electron chi connectivity index (χ3n) is 2.68. The van der Waals surface area contributed by atoms with Gasteiger partial charge in [-0.1, -0.05) is 47.4 Å². The summed E-state index contributed by atoms with van der Waals surface area (Å²) in [6, 6.07) is 11.6. The second-order valence-electron chi connectivity index (χ2n) is 4.38. The Balaban J connectivity index is 1.88. The molecule has 21 heavy (non-hydrogen) atoms. The lowest BCUT2D eigenvalue weighted by molar-refractivity contribution is -0.121. The molecule has 0 bridgehead atoms. The molecule has 0 aromatic heterocycles. The Bertz CT molecular complexity index is 637. The Hall–Kier alpha value is -1.85. The first-order chi connectivity index (χ1) is 10.1. The van der Waals surface area contributed by atoms with Crippen LogP contribution in [-0.2, 0) is 16.1 Å². The van der Waals surface area contributed by atoms with Crippen molar-refractivity contribution in [3.63, 3.8) is 0 Å². The van der Waals surface area contributed by atoms with Gasteiger partial charge in [0.05, 0.1) is 17.3 Å². The van der Waals surface area contributed by atoms with Crippen LogP contribution in [0.4, 0.5) is 10.1 Å². The number of halogens is 2. The molecule has 0 heterocycles. The molecule has 1 amide bonds. The Morgan fingerprint density at radius 3 is 2.71 bits per heavy atom. The molecular formula is C15H12BClFNO2. The molecule has 0 unspecified atom stereocenters. The molecule has 2 aromatic rings. The SMILES string of the molecule is [B]c1cc(F)cc(NC(=O)COCc2ccccc2)c1Cl. The molecule has 2 radical (unpaired) electrons. The fourth-order valence-corrected chi connectivity index (χ4v) is 1.88. The lowest BCUT2D eigenvalue weighted by Crippen LogP contribution is -2.20. The lowest BCUT2D eigenvalue weighted by Gasteiger charge is -2.10. The van der Waals surface area contributed by atoms with E-state index >= 15 is 0 Å². The van der Waals surface area contributed by atoms with E-state index in [2.05, 4.69) is 5.32 Å². The van der Waals surface area contributed by atoms with Crippen LogP contribution in [0.1, 0.15) is 5.56 Å². The summed E-state index contributed by atoms with van der Waals surface area (Å²) >= 11 is 5.89. The maximum atomic E-state index is 13.2. The maximum absolute atomic E-state index is 13.2. The number of carbonyl (C=O) groups is 1. The summed E-state index contributed by atoms with van der Waals surface area (Å²) in [5, 5.41) is 2.57. The van der Waals surface area contributed by atoms with E-state index in [0.29, 0.717) is 6.61 Å². The van der Waals surface area contributed by atoms with Crippen LogP contribution in [0.3, 0.4) is 0 Å². The number of nitrogens with one attached hydrogen (secondary N) is 1. The van der Waals surface area contributed by atoms with Crippen LogP contribution in [0.15, 0.2) is 42.5 Å². The van der Waals surface area contributed by atoms with Crippen molar-refractivity contribution in [1.82, 2.24) is 0 Å². The average Bonchev–Trinajstić information content (AvgIpc) is 2.45. The predicted molar refractivity (Wildman–Crippen MR) is 81.5 cm³/mol. The van der Waals surface area contributed by atoms with Crippen molar-refractivity contribution in [2.75, 3.05) is 11.9 Å². The van der Waals surface area contributed by atoms with E-state index < -0.39 is 11.7 Å². The van der Waals surface area contributed by atoms with Crippen molar-refractivity contribution in [1.29, 1.82) is 0 Å². The van der Waals surface area contributed by atoms with E-state index in [9.17, 15) is 9.18 Å². The minimum Gasteiger partial charge on any atom is -0.367 e. The zero-order valence-corrected chi connectivity index (χ0v) is 11.9. The largest absolute Gasteiger partial charge is 0.367 e. The van der Waals surface area contributed by atoms with Gasteiger partial charge in [-0.15, -0.1) is 0 Å². The fourth-order valence-electron chi connectivity index (χ4n) is 1.72. The molecule has 6 heteroatoms. The van der Waals surface area contributed by atoms with Gasteiger partial charge in [0.2, 0.25) is 5.91 Å². The molecule has 0 saturated carbocycles. The summed E-state index contributed by atoms with van der Waals surface area (Å²) in [6.45, 7) is 0.148. The van der Waals surface area contributed by atoms with Crippen molar-refractivity contribution >= 4 is 36.5 Å². The van der Waals surface area contributed by atoms with Crippen LogP contribution < -0.4 is 10.8 Å². The van der Waals surface area contributed by atoms with Gasteiger partial charge < -0.3 is 10.1 Å². The highest BCUT2D eigenvalue weighted by Gasteiger charge is 2.09. The molecule has 0 spiro atoms. The van der Waals surface area contributed by atoms with Crippen LogP contribution in [0.25, 0.3) is 0 Å². The third kappa shape index (κ3) is 4.58. The van der Waals surface area contributed by atoms with Crippen molar-refractivity contribution in [3.8, 4) is 0 Å². The van der Waals surface area contributed by atoms with Crippen LogP contribution in [0.2, 0.25) is 5.02 Å². The van der Waals surface area contributed by atoms with Crippen LogP contribution in [-0.4, -0.2) is 20.4 Å². The Kier molecular flexibility index (Phi) is 5.36. The summed E-state index contributed by atoms with van der Waals surface area (Å²) < 4.78 is 18.5. The van der Waals surface area contributed by atoms with Gasteiger partial charge in [0.1, 0.15) is 20.3 Å². The first kappa shape index (κ1) is 15.5. The molecule has 2 aromatic carbocycles. The van der Waals surface area contributed by atoms with Crippen molar-refractivity contribution in [2.45, 2.75) is 6.61 Å². The highest BCUT2D eigenvalue weighted by Crippen LogP contribution is 2.20. The lowest BCUT2D eigenvalue weighted by atomic mass is 9.95. The molecule has 0 fully saturated rings. The normalized spacial score (nSPS) is 10.4. The number of hydrogen-bond acceptors (Lipinski definition) is 2. The van der Waals surface area contributed by atoms with Gasteiger partial charge in [0, 0.05) is 0 Å². The summed E-state index contributed by atoms with van der Waals surface area (Å²) in [7, 11) is 5.52. The smallest absolute Gasteiger partial charge is 0.250 e. The number of anilines is 1. The molecule has 3 nitrogen and oxygen atoms in total. The Labute approximate surface area is 128 Å². The summed E-state index contributed by atoms with van der Waals surface area (Å²) in [6.07, 6.45) is 0. The molecule has 0 aliphatic heterocycles. The fraction of sp³-hybridized carbons (Fsp3) is 0.133. The monoisotopic (exact) mass is 303 g/mol. The molecule has 0 aliphatic rings. The van der Waals surface area contributed by atoms with Gasteiger partial charge in [-0.2, -0.15) is 0 Å². The van der Waals surface area contributed by atoms with Gasteiger partial charge in [0.25, 0.3) is 0 Å². The molecule has 0 atom stereocenters. The van der Waals surface area contributed by atoms with Crippen molar-refractivity contribution in [2.24, 2.45) is 0 Å².